The largest absolute Gasteiger partial charge is 0.493 e. The lowest BCUT2D eigenvalue weighted by Crippen LogP contribution is -2.08. The lowest BCUT2D eigenvalue weighted by molar-refractivity contribution is -0.137. The summed E-state index contributed by atoms with van der Waals surface area (Å²) in [7, 11) is 1.50. The minimum Gasteiger partial charge on any atom is -0.493 e. The normalized spacial score (nSPS) is 11.4. The van der Waals surface area contributed by atoms with Gasteiger partial charge in [0.1, 0.15) is 6.61 Å². The van der Waals surface area contributed by atoms with Crippen molar-refractivity contribution in [3.8, 4) is 11.5 Å². The Morgan fingerprint density at radius 2 is 1.94 bits per heavy atom. The third kappa shape index (κ3) is 6.33. The van der Waals surface area contributed by atoms with Crippen LogP contribution in [0.1, 0.15) is 16.7 Å². The Balaban J connectivity index is 1.67. The maximum absolute atomic E-state index is 12.8. The number of methoxy groups -OCH3 is 1. The van der Waals surface area contributed by atoms with Crippen molar-refractivity contribution in [3.05, 3.63) is 89.8 Å². The molecular formula is C23H19F3N2O3. The molecule has 5 nitrogen and oxygen atoms in total. The second-order valence-electron chi connectivity index (χ2n) is 6.46. The molecule has 3 rings (SSSR count). The topological polar surface area (TPSA) is 60.5 Å². The number of halogens is 3. The molecule has 2 aromatic carbocycles. The van der Waals surface area contributed by atoms with Crippen LogP contribution in [0.2, 0.25) is 0 Å². The smallest absolute Gasteiger partial charge is 0.416 e. The standard InChI is InChI=1S/C23H19F3N2O3/c1-30-20-9-8-19(13-21(20)31-15-17-5-3-11-27-14-17)28-22(29)10-7-16-4-2-6-18(12-16)23(24,25)26/h2-14H,15H2,1H3,(H,28,29)/b10-7+. The number of benzene rings is 2. The first-order chi connectivity index (χ1) is 14.8. The first-order valence-corrected chi connectivity index (χ1v) is 9.21. The van der Waals surface area contributed by atoms with Crippen LogP contribution >= 0.6 is 0 Å². The van der Waals surface area contributed by atoms with E-state index in [2.05, 4.69) is 10.3 Å². The molecule has 0 aliphatic carbocycles. The maximum atomic E-state index is 12.8. The zero-order chi connectivity index (χ0) is 22.3. The van der Waals surface area contributed by atoms with E-state index in [0.29, 0.717) is 17.2 Å². The molecule has 0 saturated heterocycles. The average molecular weight is 428 g/mol. The molecule has 0 bridgehead atoms. The van der Waals surface area contributed by atoms with E-state index in [1.807, 2.05) is 6.07 Å². The number of pyridine rings is 1. The fourth-order valence-corrected chi connectivity index (χ4v) is 2.69. The van der Waals surface area contributed by atoms with Gasteiger partial charge in [-0.15, -0.1) is 0 Å². The van der Waals surface area contributed by atoms with Gasteiger partial charge in [-0.3, -0.25) is 9.78 Å². The van der Waals surface area contributed by atoms with Crippen LogP contribution in [0, 0.1) is 0 Å². The summed E-state index contributed by atoms with van der Waals surface area (Å²) in [5, 5.41) is 2.65. The van der Waals surface area contributed by atoms with Crippen molar-refractivity contribution in [3.63, 3.8) is 0 Å². The molecule has 1 N–H and O–H groups in total. The minimum absolute atomic E-state index is 0.261. The summed E-state index contributed by atoms with van der Waals surface area (Å²) in [5.74, 6) is 0.410. The molecule has 0 fully saturated rings. The molecule has 3 aromatic rings. The summed E-state index contributed by atoms with van der Waals surface area (Å²) in [5.41, 5.74) is 0.796. The lowest BCUT2D eigenvalue weighted by atomic mass is 10.1. The highest BCUT2D eigenvalue weighted by Gasteiger charge is 2.30. The zero-order valence-electron chi connectivity index (χ0n) is 16.5. The van der Waals surface area contributed by atoms with Crippen LogP contribution in [0.4, 0.5) is 18.9 Å². The number of anilines is 1. The third-order valence-corrected chi connectivity index (χ3v) is 4.19. The fraction of sp³-hybridized carbons (Fsp3) is 0.130. The first kappa shape index (κ1) is 21.9. The van der Waals surface area contributed by atoms with Gasteiger partial charge in [0.2, 0.25) is 5.91 Å². The molecule has 0 unspecified atom stereocenters. The number of hydrogen-bond donors (Lipinski definition) is 1. The SMILES string of the molecule is COc1ccc(NC(=O)/C=C/c2cccc(C(F)(F)F)c2)cc1OCc1cccnc1. The van der Waals surface area contributed by atoms with Gasteiger partial charge in [-0.25, -0.2) is 0 Å². The molecule has 1 aromatic heterocycles. The van der Waals surface area contributed by atoms with Gasteiger partial charge >= 0.3 is 6.18 Å². The Kier molecular flexibility index (Phi) is 6.92. The number of alkyl halides is 3. The number of nitrogens with one attached hydrogen (secondary N) is 1. The quantitative estimate of drug-likeness (QED) is 0.516. The zero-order valence-corrected chi connectivity index (χ0v) is 16.5. The third-order valence-electron chi connectivity index (χ3n) is 4.19. The molecule has 1 heterocycles. The number of amides is 1. The van der Waals surface area contributed by atoms with Gasteiger partial charge in [0, 0.05) is 35.8 Å². The van der Waals surface area contributed by atoms with E-state index < -0.39 is 17.6 Å². The van der Waals surface area contributed by atoms with Crippen LogP contribution < -0.4 is 14.8 Å². The molecular weight excluding hydrogens is 409 g/mol. The van der Waals surface area contributed by atoms with Crippen LogP contribution in [0.15, 0.2) is 73.1 Å². The minimum atomic E-state index is -4.44. The van der Waals surface area contributed by atoms with Gasteiger partial charge in [0.15, 0.2) is 11.5 Å². The van der Waals surface area contributed by atoms with Gasteiger partial charge in [-0.2, -0.15) is 13.2 Å². The van der Waals surface area contributed by atoms with E-state index in [-0.39, 0.29) is 12.2 Å². The van der Waals surface area contributed by atoms with Crippen molar-refractivity contribution < 1.29 is 27.4 Å². The van der Waals surface area contributed by atoms with Gasteiger partial charge in [-0.1, -0.05) is 18.2 Å². The van der Waals surface area contributed by atoms with Crippen molar-refractivity contribution in [2.75, 3.05) is 12.4 Å². The highest BCUT2D eigenvalue weighted by molar-refractivity contribution is 6.02. The van der Waals surface area contributed by atoms with E-state index in [4.69, 9.17) is 9.47 Å². The van der Waals surface area contributed by atoms with Gasteiger partial charge in [0.05, 0.1) is 12.7 Å². The van der Waals surface area contributed by atoms with Crippen LogP contribution in [0.3, 0.4) is 0 Å². The summed E-state index contributed by atoms with van der Waals surface area (Å²) in [6, 6.07) is 13.3. The Labute approximate surface area is 177 Å². The predicted molar refractivity (Wildman–Crippen MR) is 111 cm³/mol. The molecule has 31 heavy (non-hydrogen) atoms. The van der Waals surface area contributed by atoms with Crippen LogP contribution in [0.5, 0.6) is 11.5 Å². The monoisotopic (exact) mass is 428 g/mol. The Morgan fingerprint density at radius 3 is 2.65 bits per heavy atom. The maximum Gasteiger partial charge on any atom is 0.416 e. The fourth-order valence-electron chi connectivity index (χ4n) is 2.69. The molecule has 1 amide bonds. The predicted octanol–water partition coefficient (Wildman–Crippen LogP) is 5.34. The lowest BCUT2D eigenvalue weighted by Gasteiger charge is -2.12. The van der Waals surface area contributed by atoms with Crippen molar-refractivity contribution in [2.45, 2.75) is 12.8 Å². The average Bonchev–Trinajstić information content (AvgIpc) is 2.77. The highest BCUT2D eigenvalue weighted by Crippen LogP contribution is 2.31. The van der Waals surface area contributed by atoms with E-state index in [1.54, 1.807) is 36.7 Å². The van der Waals surface area contributed by atoms with Crippen molar-refractivity contribution >= 4 is 17.7 Å². The molecule has 160 valence electrons. The van der Waals surface area contributed by atoms with Gasteiger partial charge in [0.25, 0.3) is 0 Å². The van der Waals surface area contributed by atoms with Crippen molar-refractivity contribution in [1.29, 1.82) is 0 Å². The van der Waals surface area contributed by atoms with Crippen molar-refractivity contribution in [2.24, 2.45) is 0 Å². The molecule has 0 atom stereocenters. The molecule has 0 radical (unpaired) electrons. The second kappa shape index (κ2) is 9.80. The van der Waals surface area contributed by atoms with Gasteiger partial charge in [-0.05, 0) is 42.0 Å². The van der Waals surface area contributed by atoms with Crippen LogP contribution in [-0.2, 0) is 17.6 Å². The second-order valence-corrected chi connectivity index (χ2v) is 6.46. The highest BCUT2D eigenvalue weighted by atomic mass is 19.4. The first-order valence-electron chi connectivity index (χ1n) is 9.21. The number of rotatable bonds is 7. The number of nitrogens with zero attached hydrogens (tertiary/aromatic N) is 1. The van der Waals surface area contributed by atoms with Crippen LogP contribution in [-0.4, -0.2) is 18.0 Å². The summed E-state index contributed by atoms with van der Waals surface area (Å²) >= 11 is 0. The Bertz CT molecular complexity index is 1070. The number of aromatic nitrogens is 1. The molecule has 0 aliphatic rings. The molecule has 0 spiro atoms. The van der Waals surface area contributed by atoms with Crippen molar-refractivity contribution in [1.82, 2.24) is 4.98 Å². The molecule has 0 saturated carbocycles. The summed E-state index contributed by atoms with van der Waals surface area (Å²) in [4.78, 5) is 16.2. The molecule has 8 heteroatoms. The van der Waals surface area contributed by atoms with Crippen LogP contribution in [0.25, 0.3) is 6.08 Å². The Hall–Kier alpha value is -3.81. The van der Waals surface area contributed by atoms with E-state index in [9.17, 15) is 18.0 Å². The van der Waals surface area contributed by atoms with E-state index >= 15 is 0 Å². The van der Waals surface area contributed by atoms with Gasteiger partial charge < -0.3 is 14.8 Å². The summed E-state index contributed by atoms with van der Waals surface area (Å²) in [6.45, 7) is 0.261. The summed E-state index contributed by atoms with van der Waals surface area (Å²) < 4.78 is 49.4. The van der Waals surface area contributed by atoms with E-state index in [0.717, 1.165) is 23.8 Å². The van der Waals surface area contributed by atoms with E-state index in [1.165, 1.54) is 25.3 Å². The Morgan fingerprint density at radius 1 is 1.10 bits per heavy atom. The molecule has 0 aliphatic heterocycles. The number of ether oxygens (including phenoxy) is 2. The number of carbonyl (C=O) groups is 1. The number of carbonyl (C=O) groups excluding carboxylic acids is 1. The summed E-state index contributed by atoms with van der Waals surface area (Å²) in [6.07, 6.45) is 1.37. The number of hydrogen-bond acceptors (Lipinski definition) is 4.